The van der Waals surface area contributed by atoms with Crippen LogP contribution in [0.15, 0.2) is 119 Å². The van der Waals surface area contributed by atoms with Gasteiger partial charge in [-0.3, -0.25) is 4.79 Å². The van der Waals surface area contributed by atoms with Crippen LogP contribution in [0.2, 0.25) is 0 Å². The van der Waals surface area contributed by atoms with Gasteiger partial charge >= 0.3 is 0 Å². The largest absolute Gasteiger partial charge is 0.459 e. The average molecular weight is 791 g/mol. The van der Waals surface area contributed by atoms with Crippen LogP contribution < -0.4 is 9.47 Å². The van der Waals surface area contributed by atoms with Crippen LogP contribution in [0, 0.1) is 17.8 Å². The summed E-state index contributed by atoms with van der Waals surface area (Å²) in [5.41, 5.74) is 3.31. The van der Waals surface area contributed by atoms with Crippen molar-refractivity contribution in [3.8, 4) is 17.2 Å². The molecule has 1 amide bonds. The molecule has 0 radical (unpaired) electrons. The zero-order valence-electron chi connectivity index (χ0n) is 33.1. The van der Waals surface area contributed by atoms with Crippen LogP contribution in [-0.2, 0) is 9.57 Å². The first-order chi connectivity index (χ1) is 27.8. The number of hydrogen-bond donors (Lipinski definition) is 2. The third kappa shape index (κ3) is 8.23. The number of likely N-dealkylation sites (N-methyl/N-ethyl adjacent to an activating group) is 1. The summed E-state index contributed by atoms with van der Waals surface area (Å²) >= 11 is 1.68. The van der Waals surface area contributed by atoms with Gasteiger partial charge in [-0.1, -0.05) is 60.5 Å². The fourth-order valence-electron chi connectivity index (χ4n) is 9.35. The van der Waals surface area contributed by atoms with Crippen LogP contribution in [-0.4, -0.2) is 78.8 Å². The maximum absolute atomic E-state index is 14.7. The van der Waals surface area contributed by atoms with Gasteiger partial charge in [0.2, 0.25) is 5.79 Å². The minimum Gasteiger partial charge on any atom is -0.459 e. The minimum atomic E-state index is -1.33. The number of aliphatic hydroxyl groups excluding tert-OH is 2. The van der Waals surface area contributed by atoms with Gasteiger partial charge in [0.05, 0.1) is 18.2 Å². The summed E-state index contributed by atoms with van der Waals surface area (Å²) < 4.78 is 20.8. The molecule has 4 aromatic rings. The third-order valence-corrected chi connectivity index (χ3v) is 12.7. The molecule has 10 heteroatoms. The highest BCUT2D eigenvalue weighted by Gasteiger charge is 2.65. The number of rotatable bonds is 17. The maximum Gasteiger partial charge on any atom is 0.254 e. The van der Waals surface area contributed by atoms with Gasteiger partial charge in [-0.05, 0) is 115 Å². The number of carbonyl (C=O) groups is 1. The normalized spacial score (nSPS) is 24.2. The van der Waals surface area contributed by atoms with Crippen molar-refractivity contribution in [1.82, 2.24) is 4.90 Å². The Bertz CT molecular complexity index is 2100. The summed E-state index contributed by atoms with van der Waals surface area (Å²) in [6, 6.07) is 27.3. The van der Waals surface area contributed by atoms with Gasteiger partial charge < -0.3 is 34.2 Å². The molecular weight excluding hydrogens is 737 g/mol. The lowest BCUT2D eigenvalue weighted by molar-refractivity contribution is -0.252. The van der Waals surface area contributed by atoms with Crippen molar-refractivity contribution in [1.29, 1.82) is 0 Å². The Hall–Kier alpha value is -4.61. The van der Waals surface area contributed by atoms with E-state index in [2.05, 4.69) is 30.1 Å². The van der Waals surface area contributed by atoms with Crippen molar-refractivity contribution in [3.05, 3.63) is 120 Å². The predicted octanol–water partition coefficient (Wildman–Crippen LogP) is 9.39. The number of fused-ring (bicyclic) bond motifs is 3. The Morgan fingerprint density at radius 2 is 1.70 bits per heavy atom. The second kappa shape index (κ2) is 18.3. The Morgan fingerprint density at radius 3 is 2.42 bits per heavy atom. The van der Waals surface area contributed by atoms with Crippen molar-refractivity contribution >= 4 is 34.2 Å². The SMILES string of the molecule is C=CCOC12Oc3ccc(Oc4ccc(SC)cc4)cc3C3C(CCCCO)C(CCCCO)C=C(C(=NOC)CC1N(C)C(=O)c1ccc4ccccc4c1)C32. The lowest BCUT2D eigenvalue weighted by atomic mass is 9.55. The minimum absolute atomic E-state index is 0.110. The monoisotopic (exact) mass is 790 g/mol. The number of ether oxygens (including phenoxy) is 3. The number of unbranched alkanes of at least 4 members (excludes halogenated alkanes) is 2. The molecule has 9 nitrogen and oxygen atoms in total. The molecular formula is C47H54N2O7S. The van der Waals surface area contributed by atoms with Gasteiger partial charge in [0.15, 0.2) is 0 Å². The van der Waals surface area contributed by atoms with E-state index in [1.165, 1.54) is 0 Å². The second-order valence-electron chi connectivity index (χ2n) is 15.2. The Balaban J connectivity index is 1.40. The van der Waals surface area contributed by atoms with Gasteiger partial charge in [0.25, 0.3) is 5.91 Å². The van der Waals surface area contributed by atoms with E-state index < -0.39 is 17.7 Å². The van der Waals surface area contributed by atoms with Crippen LogP contribution in [0.4, 0.5) is 0 Å². The molecule has 57 heavy (non-hydrogen) atoms. The first-order valence-electron chi connectivity index (χ1n) is 20.0. The summed E-state index contributed by atoms with van der Waals surface area (Å²) in [5, 5.41) is 26.4. The standard InChI is InChI=1S/C47H54N2O7S/c1-5-26-54-47-43(49(2)46(52)34-17-16-31-12-6-7-13-32(31)27-34)30-41(48-53-3)39-28-33(14-8-10-24-50)38(15-9-11-25-51)44(45(39)47)40-29-36(20-23-42(40)56-47)55-35-18-21-37(57-4)22-19-35/h5-7,12-13,16-23,27-29,33,38,43-45,50-51H,1,8-11,14-15,24-26,30H2,2-4H3. The average Bonchev–Trinajstić information content (AvgIpc) is 3.24. The molecule has 0 saturated heterocycles. The molecule has 0 aromatic heterocycles. The molecule has 3 aliphatic rings. The van der Waals surface area contributed by atoms with Crippen LogP contribution in [0.5, 0.6) is 17.2 Å². The molecule has 7 rings (SSSR count). The molecule has 2 N–H and O–H groups in total. The number of carbonyl (C=O) groups excluding carboxylic acids is 1. The summed E-state index contributed by atoms with van der Waals surface area (Å²) in [4.78, 5) is 23.2. The molecule has 2 aliphatic carbocycles. The number of hydrogen-bond acceptors (Lipinski definition) is 9. The number of benzene rings is 4. The maximum atomic E-state index is 14.7. The zero-order chi connectivity index (χ0) is 39.9. The third-order valence-electron chi connectivity index (χ3n) is 11.9. The van der Waals surface area contributed by atoms with Crippen molar-refractivity contribution in [2.24, 2.45) is 22.9 Å². The quantitative estimate of drug-likeness (QED) is 0.0472. The van der Waals surface area contributed by atoms with E-state index in [9.17, 15) is 15.0 Å². The number of thioether (sulfide) groups is 1. The Labute approximate surface area is 340 Å². The molecule has 0 spiro atoms. The predicted molar refractivity (Wildman–Crippen MR) is 226 cm³/mol. The lowest BCUT2D eigenvalue weighted by Crippen LogP contribution is -2.69. The Kier molecular flexibility index (Phi) is 13.0. The van der Waals surface area contributed by atoms with Crippen molar-refractivity contribution in [3.63, 3.8) is 0 Å². The van der Waals surface area contributed by atoms with Crippen molar-refractivity contribution < 1.29 is 34.1 Å². The molecule has 1 aliphatic heterocycles. The summed E-state index contributed by atoms with van der Waals surface area (Å²) in [6.07, 6.45) is 11.3. The summed E-state index contributed by atoms with van der Waals surface area (Å²) in [6.45, 7) is 4.46. The molecule has 1 heterocycles. The van der Waals surface area contributed by atoms with E-state index in [1.54, 1.807) is 29.8 Å². The first-order valence-corrected chi connectivity index (χ1v) is 21.3. The molecule has 1 saturated carbocycles. The van der Waals surface area contributed by atoms with Gasteiger partial charge in [0, 0.05) is 48.6 Å². The van der Waals surface area contributed by atoms with E-state index in [1.807, 2.05) is 85.9 Å². The topological polar surface area (TPSA) is 110 Å². The van der Waals surface area contributed by atoms with Crippen LogP contribution in [0.25, 0.3) is 10.8 Å². The Morgan fingerprint density at radius 1 is 0.965 bits per heavy atom. The van der Waals surface area contributed by atoms with E-state index in [0.29, 0.717) is 36.3 Å². The van der Waals surface area contributed by atoms with Crippen LogP contribution >= 0.6 is 11.8 Å². The smallest absolute Gasteiger partial charge is 0.254 e. The van der Waals surface area contributed by atoms with E-state index in [0.717, 1.165) is 63.9 Å². The molecule has 4 aromatic carbocycles. The number of allylic oxidation sites excluding steroid dienone is 1. The van der Waals surface area contributed by atoms with Gasteiger partial charge in [-0.15, -0.1) is 18.3 Å². The molecule has 6 atom stereocenters. The summed E-state index contributed by atoms with van der Waals surface area (Å²) in [5.74, 6) is 0.325. The molecule has 6 unspecified atom stereocenters. The fraction of sp³-hybridized carbons (Fsp3) is 0.404. The highest BCUT2D eigenvalue weighted by atomic mass is 32.2. The van der Waals surface area contributed by atoms with Crippen LogP contribution in [0.3, 0.4) is 0 Å². The number of aliphatic hydroxyl groups is 2. The zero-order valence-corrected chi connectivity index (χ0v) is 34.0. The summed E-state index contributed by atoms with van der Waals surface area (Å²) in [7, 11) is 3.38. The van der Waals surface area contributed by atoms with E-state index in [-0.39, 0.29) is 43.5 Å². The van der Waals surface area contributed by atoms with Crippen LogP contribution in [0.1, 0.15) is 66.8 Å². The van der Waals surface area contributed by atoms with Gasteiger partial charge in [0.1, 0.15) is 30.4 Å². The van der Waals surface area contributed by atoms with E-state index >= 15 is 0 Å². The second-order valence-corrected chi connectivity index (χ2v) is 16.1. The molecule has 300 valence electrons. The first kappa shape index (κ1) is 40.6. The molecule has 0 bridgehead atoms. The number of amides is 1. The lowest BCUT2D eigenvalue weighted by Gasteiger charge is -2.59. The van der Waals surface area contributed by atoms with Crippen molar-refractivity contribution in [2.75, 3.05) is 40.2 Å². The van der Waals surface area contributed by atoms with Gasteiger partial charge in [-0.2, -0.15) is 0 Å². The van der Waals surface area contributed by atoms with Gasteiger partial charge in [-0.25, -0.2) is 0 Å². The van der Waals surface area contributed by atoms with Crippen molar-refractivity contribution in [2.45, 2.75) is 67.6 Å². The highest BCUT2D eigenvalue weighted by Crippen LogP contribution is 2.62. The fourth-order valence-corrected chi connectivity index (χ4v) is 9.76. The number of nitrogens with zero attached hydrogens (tertiary/aromatic N) is 2. The van der Waals surface area contributed by atoms with E-state index in [4.69, 9.17) is 19.0 Å². The highest BCUT2D eigenvalue weighted by molar-refractivity contribution is 7.98. The number of oxime groups is 1. The molecule has 1 fully saturated rings.